The number of rotatable bonds is 5. The van der Waals surface area contributed by atoms with Crippen molar-refractivity contribution in [2.24, 2.45) is 0 Å². The molecule has 0 amide bonds. The second-order valence-electron chi connectivity index (χ2n) is 5.00. The molecule has 2 heteroatoms. The zero-order chi connectivity index (χ0) is 11.5. The van der Waals surface area contributed by atoms with Crippen molar-refractivity contribution in [2.75, 3.05) is 25.0 Å². The van der Waals surface area contributed by atoms with Crippen LogP contribution in [0, 0.1) is 13.8 Å². The molecule has 1 aromatic carbocycles. The molecule has 0 spiro atoms. The van der Waals surface area contributed by atoms with E-state index >= 15 is 0 Å². The highest BCUT2D eigenvalue weighted by Crippen LogP contribution is 2.19. The normalized spacial score (nSPS) is 15.2. The van der Waals surface area contributed by atoms with E-state index in [1.807, 2.05) is 0 Å². The van der Waals surface area contributed by atoms with Crippen LogP contribution in [0.4, 0.5) is 5.69 Å². The first-order chi connectivity index (χ1) is 7.65. The highest BCUT2D eigenvalue weighted by Gasteiger charge is 2.19. The van der Waals surface area contributed by atoms with Crippen molar-refractivity contribution in [3.05, 3.63) is 29.3 Å². The standard InChI is InChI=1S/C14H22N2/c1-11-8-12(2)10-14(9-11)16(3)7-6-15-13-4-5-13/h8-10,13,15H,4-7H2,1-3H3. The summed E-state index contributed by atoms with van der Waals surface area (Å²) in [5, 5.41) is 3.54. The van der Waals surface area contributed by atoms with Crippen molar-refractivity contribution in [3.8, 4) is 0 Å². The molecule has 1 aromatic rings. The number of anilines is 1. The molecule has 16 heavy (non-hydrogen) atoms. The summed E-state index contributed by atoms with van der Waals surface area (Å²) in [6, 6.07) is 7.54. The van der Waals surface area contributed by atoms with E-state index in [1.54, 1.807) is 0 Å². The van der Waals surface area contributed by atoms with Crippen LogP contribution in [0.3, 0.4) is 0 Å². The van der Waals surface area contributed by atoms with E-state index in [2.05, 4.69) is 49.3 Å². The average molecular weight is 218 g/mol. The van der Waals surface area contributed by atoms with E-state index in [-0.39, 0.29) is 0 Å². The zero-order valence-electron chi connectivity index (χ0n) is 10.6. The summed E-state index contributed by atoms with van der Waals surface area (Å²) < 4.78 is 0. The molecule has 0 saturated heterocycles. The molecule has 1 aliphatic carbocycles. The summed E-state index contributed by atoms with van der Waals surface area (Å²) in [6.45, 7) is 6.49. The summed E-state index contributed by atoms with van der Waals surface area (Å²) >= 11 is 0. The van der Waals surface area contributed by atoms with Crippen molar-refractivity contribution in [3.63, 3.8) is 0 Å². The summed E-state index contributed by atoms with van der Waals surface area (Å²) in [6.07, 6.45) is 2.74. The van der Waals surface area contributed by atoms with E-state index in [4.69, 9.17) is 0 Å². The van der Waals surface area contributed by atoms with Crippen LogP contribution in [-0.4, -0.2) is 26.2 Å². The number of hydrogen-bond acceptors (Lipinski definition) is 2. The van der Waals surface area contributed by atoms with Gasteiger partial charge in [-0.3, -0.25) is 0 Å². The van der Waals surface area contributed by atoms with E-state index in [0.717, 1.165) is 19.1 Å². The number of nitrogens with one attached hydrogen (secondary N) is 1. The van der Waals surface area contributed by atoms with Crippen LogP contribution in [0.2, 0.25) is 0 Å². The third kappa shape index (κ3) is 3.24. The third-order valence-corrected chi connectivity index (χ3v) is 3.10. The summed E-state index contributed by atoms with van der Waals surface area (Å²) in [5.74, 6) is 0. The first-order valence-corrected chi connectivity index (χ1v) is 6.18. The molecular formula is C14H22N2. The van der Waals surface area contributed by atoms with Gasteiger partial charge in [0.05, 0.1) is 0 Å². The Morgan fingerprint density at radius 2 is 1.81 bits per heavy atom. The van der Waals surface area contributed by atoms with Gasteiger partial charge >= 0.3 is 0 Å². The van der Waals surface area contributed by atoms with Gasteiger partial charge in [0, 0.05) is 31.9 Å². The topological polar surface area (TPSA) is 15.3 Å². The molecule has 0 unspecified atom stereocenters. The van der Waals surface area contributed by atoms with Crippen LogP contribution in [-0.2, 0) is 0 Å². The predicted molar refractivity (Wildman–Crippen MR) is 70.2 cm³/mol. The Labute approximate surface area is 98.7 Å². The summed E-state index contributed by atoms with van der Waals surface area (Å²) in [4.78, 5) is 2.33. The summed E-state index contributed by atoms with van der Waals surface area (Å²) in [5.41, 5.74) is 4.02. The maximum Gasteiger partial charge on any atom is 0.0369 e. The van der Waals surface area contributed by atoms with Gasteiger partial charge in [-0.2, -0.15) is 0 Å². The molecule has 0 aliphatic heterocycles. The maximum absolute atomic E-state index is 3.54. The average Bonchev–Trinajstić information content (AvgIpc) is 3.00. The fraction of sp³-hybridized carbons (Fsp3) is 0.571. The molecule has 2 nitrogen and oxygen atoms in total. The van der Waals surface area contributed by atoms with Crippen molar-refractivity contribution in [2.45, 2.75) is 32.7 Å². The zero-order valence-corrected chi connectivity index (χ0v) is 10.6. The quantitative estimate of drug-likeness (QED) is 0.817. The van der Waals surface area contributed by atoms with Crippen LogP contribution >= 0.6 is 0 Å². The molecule has 0 atom stereocenters. The first kappa shape index (κ1) is 11.5. The molecule has 88 valence electrons. The van der Waals surface area contributed by atoms with Crippen molar-refractivity contribution in [1.82, 2.24) is 5.32 Å². The van der Waals surface area contributed by atoms with Crippen LogP contribution < -0.4 is 10.2 Å². The van der Waals surface area contributed by atoms with Gasteiger partial charge < -0.3 is 10.2 Å². The molecule has 2 rings (SSSR count). The first-order valence-electron chi connectivity index (χ1n) is 6.18. The number of likely N-dealkylation sites (N-methyl/N-ethyl adjacent to an activating group) is 1. The fourth-order valence-electron chi connectivity index (χ4n) is 2.02. The number of nitrogens with zero attached hydrogens (tertiary/aromatic N) is 1. The lowest BCUT2D eigenvalue weighted by molar-refractivity contribution is 0.675. The lowest BCUT2D eigenvalue weighted by Crippen LogP contribution is -2.30. The lowest BCUT2D eigenvalue weighted by Gasteiger charge is -2.20. The monoisotopic (exact) mass is 218 g/mol. The minimum atomic E-state index is 0.813. The number of hydrogen-bond donors (Lipinski definition) is 1. The smallest absolute Gasteiger partial charge is 0.0369 e. The fourth-order valence-corrected chi connectivity index (χ4v) is 2.02. The van der Waals surface area contributed by atoms with Crippen molar-refractivity contribution < 1.29 is 0 Å². The van der Waals surface area contributed by atoms with Crippen molar-refractivity contribution >= 4 is 5.69 Å². The Kier molecular flexibility index (Phi) is 3.49. The highest BCUT2D eigenvalue weighted by molar-refractivity contribution is 5.50. The number of benzene rings is 1. The second-order valence-corrected chi connectivity index (χ2v) is 5.00. The Balaban J connectivity index is 1.88. The highest BCUT2D eigenvalue weighted by atomic mass is 15.1. The van der Waals surface area contributed by atoms with Gasteiger partial charge in [-0.15, -0.1) is 0 Å². The van der Waals surface area contributed by atoms with Gasteiger partial charge in [-0.1, -0.05) is 6.07 Å². The van der Waals surface area contributed by atoms with E-state index in [0.29, 0.717) is 0 Å². The lowest BCUT2D eigenvalue weighted by atomic mass is 10.1. The number of aryl methyl sites for hydroxylation is 2. The van der Waals surface area contributed by atoms with E-state index < -0.39 is 0 Å². The predicted octanol–water partition coefficient (Wildman–Crippen LogP) is 2.49. The molecule has 1 fully saturated rings. The second kappa shape index (κ2) is 4.88. The third-order valence-electron chi connectivity index (χ3n) is 3.10. The van der Waals surface area contributed by atoms with Gasteiger partial charge in [0.1, 0.15) is 0 Å². The van der Waals surface area contributed by atoms with Crippen LogP contribution in [0.1, 0.15) is 24.0 Å². The molecule has 0 heterocycles. The summed E-state index contributed by atoms with van der Waals surface area (Å²) in [7, 11) is 2.17. The maximum atomic E-state index is 3.54. The molecule has 1 aliphatic rings. The van der Waals surface area contributed by atoms with E-state index in [1.165, 1.54) is 29.7 Å². The molecule has 0 aromatic heterocycles. The van der Waals surface area contributed by atoms with Gasteiger partial charge in [0.25, 0.3) is 0 Å². The largest absolute Gasteiger partial charge is 0.373 e. The molecule has 1 N–H and O–H groups in total. The van der Waals surface area contributed by atoms with Gasteiger partial charge in [-0.25, -0.2) is 0 Å². The van der Waals surface area contributed by atoms with Gasteiger partial charge in [-0.05, 0) is 49.9 Å². The minimum Gasteiger partial charge on any atom is -0.373 e. The molecule has 1 saturated carbocycles. The van der Waals surface area contributed by atoms with Crippen LogP contribution in [0.25, 0.3) is 0 Å². The van der Waals surface area contributed by atoms with Gasteiger partial charge in [0.15, 0.2) is 0 Å². The van der Waals surface area contributed by atoms with E-state index in [9.17, 15) is 0 Å². The van der Waals surface area contributed by atoms with Crippen molar-refractivity contribution in [1.29, 1.82) is 0 Å². The Morgan fingerprint density at radius 1 is 1.19 bits per heavy atom. The molecule has 0 radical (unpaired) electrons. The Hall–Kier alpha value is -1.02. The van der Waals surface area contributed by atoms with Crippen LogP contribution in [0.5, 0.6) is 0 Å². The SMILES string of the molecule is Cc1cc(C)cc(N(C)CCNC2CC2)c1. The molecular weight excluding hydrogens is 196 g/mol. The minimum absolute atomic E-state index is 0.813. The van der Waals surface area contributed by atoms with Crippen LogP contribution in [0.15, 0.2) is 18.2 Å². The Morgan fingerprint density at radius 3 is 2.38 bits per heavy atom. The Bertz CT molecular complexity index is 336. The molecule has 0 bridgehead atoms. The van der Waals surface area contributed by atoms with Gasteiger partial charge in [0.2, 0.25) is 0 Å².